The molecule has 2 aliphatic heterocycles. The van der Waals surface area contributed by atoms with Crippen LogP contribution in [0.15, 0.2) is 83.9 Å². The molecular weight excluding hydrogens is 398 g/mol. The standard InChI is InChI=1S/C27H23N3O2/c31-26(20-9-11-28-12-10-20)29-15-18-13-23(17-29)25-8-7-24(27(32)30(25)16-18)22-6-5-19-3-1-2-4-21(19)14-22/h1-12,14,18,23H,13,15-17H2. The zero-order chi connectivity index (χ0) is 21.7. The summed E-state index contributed by atoms with van der Waals surface area (Å²) in [6.07, 6.45) is 4.33. The minimum atomic E-state index is 0.0469. The van der Waals surface area contributed by atoms with E-state index in [1.54, 1.807) is 24.5 Å². The van der Waals surface area contributed by atoms with Crippen LogP contribution in [0.3, 0.4) is 0 Å². The van der Waals surface area contributed by atoms with E-state index < -0.39 is 0 Å². The Labute approximate surface area is 186 Å². The van der Waals surface area contributed by atoms with Gasteiger partial charge in [0.25, 0.3) is 11.5 Å². The van der Waals surface area contributed by atoms with Gasteiger partial charge in [-0.2, -0.15) is 0 Å². The quantitative estimate of drug-likeness (QED) is 0.484. The summed E-state index contributed by atoms with van der Waals surface area (Å²) in [5.41, 5.74) is 3.48. The van der Waals surface area contributed by atoms with Gasteiger partial charge >= 0.3 is 0 Å². The zero-order valence-corrected chi connectivity index (χ0v) is 17.6. The number of carbonyl (C=O) groups is 1. The van der Waals surface area contributed by atoms with E-state index in [4.69, 9.17) is 0 Å². The molecule has 0 spiro atoms. The molecule has 2 atom stereocenters. The number of nitrogens with zero attached hydrogens (tertiary/aromatic N) is 3. The number of piperidine rings is 1. The molecule has 2 aromatic heterocycles. The lowest BCUT2D eigenvalue weighted by molar-refractivity contribution is 0.0594. The van der Waals surface area contributed by atoms with Crippen LogP contribution in [0.5, 0.6) is 0 Å². The molecule has 5 heteroatoms. The molecule has 2 aromatic carbocycles. The third-order valence-electron chi connectivity index (χ3n) is 6.88. The Morgan fingerprint density at radius 3 is 2.53 bits per heavy atom. The molecule has 1 fully saturated rings. The molecule has 0 radical (unpaired) electrons. The summed E-state index contributed by atoms with van der Waals surface area (Å²) in [4.78, 5) is 32.4. The normalized spacial score (nSPS) is 19.6. The number of rotatable bonds is 2. The number of benzene rings is 2. The van der Waals surface area contributed by atoms with Crippen LogP contribution < -0.4 is 5.56 Å². The number of aromatic nitrogens is 2. The van der Waals surface area contributed by atoms with Crippen molar-refractivity contribution in [3.63, 3.8) is 0 Å². The van der Waals surface area contributed by atoms with E-state index in [2.05, 4.69) is 35.3 Å². The van der Waals surface area contributed by atoms with E-state index in [1.165, 1.54) is 5.39 Å². The van der Waals surface area contributed by atoms with Crippen LogP contribution in [0.25, 0.3) is 21.9 Å². The van der Waals surface area contributed by atoms with Crippen LogP contribution in [0.4, 0.5) is 0 Å². The van der Waals surface area contributed by atoms with Crippen molar-refractivity contribution >= 4 is 16.7 Å². The Hall–Kier alpha value is -3.73. The summed E-state index contributed by atoms with van der Waals surface area (Å²) in [6.45, 7) is 1.99. The van der Waals surface area contributed by atoms with Gasteiger partial charge in [0.15, 0.2) is 0 Å². The summed E-state index contributed by atoms with van der Waals surface area (Å²) >= 11 is 0. The van der Waals surface area contributed by atoms with Crippen molar-refractivity contribution in [3.05, 3.63) is 101 Å². The summed E-state index contributed by atoms with van der Waals surface area (Å²) in [5.74, 6) is 0.522. The fourth-order valence-electron chi connectivity index (χ4n) is 5.37. The highest BCUT2D eigenvalue weighted by molar-refractivity contribution is 5.94. The van der Waals surface area contributed by atoms with Gasteiger partial charge in [-0.1, -0.05) is 36.4 Å². The molecular formula is C27H23N3O2. The molecule has 5 nitrogen and oxygen atoms in total. The van der Waals surface area contributed by atoms with Crippen molar-refractivity contribution in [2.24, 2.45) is 5.92 Å². The lowest BCUT2D eigenvalue weighted by atomic mass is 9.82. The zero-order valence-electron chi connectivity index (χ0n) is 17.6. The first-order valence-corrected chi connectivity index (χ1v) is 11.1. The molecule has 158 valence electrons. The average molecular weight is 422 g/mol. The summed E-state index contributed by atoms with van der Waals surface area (Å²) in [6, 6.07) is 22.0. The first-order valence-electron chi connectivity index (χ1n) is 11.1. The molecule has 1 saturated heterocycles. The van der Waals surface area contributed by atoms with E-state index in [0.717, 1.165) is 28.6 Å². The Bertz CT molecular complexity index is 1390. The number of amides is 1. The number of carbonyl (C=O) groups excluding carboxylic acids is 1. The number of fused-ring (bicyclic) bond motifs is 5. The number of hydrogen-bond donors (Lipinski definition) is 0. The van der Waals surface area contributed by atoms with E-state index in [0.29, 0.717) is 25.2 Å². The van der Waals surface area contributed by atoms with Crippen LogP contribution >= 0.6 is 0 Å². The Kier molecular flexibility index (Phi) is 4.42. The average Bonchev–Trinajstić information content (AvgIpc) is 2.84. The molecule has 1 amide bonds. The van der Waals surface area contributed by atoms with Gasteiger partial charge < -0.3 is 9.47 Å². The van der Waals surface area contributed by atoms with Crippen LogP contribution in [-0.2, 0) is 6.54 Å². The molecule has 0 aliphatic carbocycles. The van der Waals surface area contributed by atoms with Crippen molar-refractivity contribution in [2.75, 3.05) is 13.1 Å². The van der Waals surface area contributed by atoms with Crippen molar-refractivity contribution in [2.45, 2.75) is 18.9 Å². The Balaban J connectivity index is 1.34. The van der Waals surface area contributed by atoms with E-state index in [1.807, 2.05) is 33.7 Å². The van der Waals surface area contributed by atoms with Crippen molar-refractivity contribution in [1.82, 2.24) is 14.5 Å². The smallest absolute Gasteiger partial charge is 0.258 e. The van der Waals surface area contributed by atoms with Crippen molar-refractivity contribution in [3.8, 4) is 11.1 Å². The monoisotopic (exact) mass is 421 g/mol. The van der Waals surface area contributed by atoms with Crippen LogP contribution in [0, 0.1) is 5.92 Å². The maximum absolute atomic E-state index is 13.5. The molecule has 2 bridgehead atoms. The molecule has 4 heterocycles. The highest BCUT2D eigenvalue weighted by Crippen LogP contribution is 2.36. The van der Waals surface area contributed by atoms with Gasteiger partial charge in [-0.3, -0.25) is 14.6 Å². The topological polar surface area (TPSA) is 55.2 Å². The van der Waals surface area contributed by atoms with Gasteiger partial charge in [-0.15, -0.1) is 0 Å². The lowest BCUT2D eigenvalue weighted by Crippen LogP contribution is -2.49. The van der Waals surface area contributed by atoms with Gasteiger partial charge in [0.2, 0.25) is 0 Å². The van der Waals surface area contributed by atoms with Crippen LogP contribution in [0.1, 0.15) is 28.4 Å². The second-order valence-electron chi connectivity index (χ2n) is 8.89. The third-order valence-corrected chi connectivity index (χ3v) is 6.88. The van der Waals surface area contributed by atoms with E-state index in [9.17, 15) is 9.59 Å². The van der Waals surface area contributed by atoms with E-state index in [-0.39, 0.29) is 23.3 Å². The third kappa shape index (κ3) is 3.12. The van der Waals surface area contributed by atoms with Gasteiger partial charge in [-0.05, 0) is 59.0 Å². The molecule has 0 N–H and O–H groups in total. The van der Waals surface area contributed by atoms with Crippen molar-refractivity contribution in [1.29, 1.82) is 0 Å². The van der Waals surface area contributed by atoms with Crippen molar-refractivity contribution < 1.29 is 4.79 Å². The van der Waals surface area contributed by atoms with Gasteiger partial charge in [0.05, 0.1) is 0 Å². The SMILES string of the molecule is O=C(c1ccncc1)N1CC2CC(C1)c1ccc(-c3ccc4ccccc4c3)c(=O)n1C2. The summed E-state index contributed by atoms with van der Waals surface area (Å²) < 4.78 is 1.96. The lowest BCUT2D eigenvalue weighted by Gasteiger charge is -2.43. The minimum Gasteiger partial charge on any atom is -0.338 e. The largest absolute Gasteiger partial charge is 0.338 e. The second-order valence-corrected chi connectivity index (χ2v) is 8.89. The Morgan fingerprint density at radius 2 is 1.69 bits per heavy atom. The Morgan fingerprint density at radius 1 is 0.875 bits per heavy atom. The highest BCUT2D eigenvalue weighted by Gasteiger charge is 2.37. The molecule has 4 aromatic rings. The molecule has 0 saturated carbocycles. The maximum Gasteiger partial charge on any atom is 0.258 e. The van der Waals surface area contributed by atoms with Crippen LogP contribution in [0.2, 0.25) is 0 Å². The van der Waals surface area contributed by atoms with E-state index >= 15 is 0 Å². The maximum atomic E-state index is 13.5. The molecule has 2 aliphatic rings. The molecule has 2 unspecified atom stereocenters. The fourth-order valence-corrected chi connectivity index (χ4v) is 5.37. The first-order chi connectivity index (χ1) is 15.7. The predicted molar refractivity (Wildman–Crippen MR) is 125 cm³/mol. The van der Waals surface area contributed by atoms with Gasteiger partial charge in [0.1, 0.15) is 0 Å². The van der Waals surface area contributed by atoms with Crippen LogP contribution in [-0.4, -0.2) is 33.4 Å². The van der Waals surface area contributed by atoms with Gasteiger partial charge in [0, 0.05) is 54.8 Å². The summed E-state index contributed by atoms with van der Waals surface area (Å²) in [5, 5.41) is 2.30. The highest BCUT2D eigenvalue weighted by atomic mass is 16.2. The van der Waals surface area contributed by atoms with Gasteiger partial charge in [-0.25, -0.2) is 0 Å². The summed E-state index contributed by atoms with van der Waals surface area (Å²) in [7, 11) is 0. The predicted octanol–water partition coefficient (Wildman–Crippen LogP) is 4.32. The number of likely N-dealkylation sites (tertiary alicyclic amines) is 1. The minimum absolute atomic E-state index is 0.0469. The molecule has 32 heavy (non-hydrogen) atoms. The fraction of sp³-hybridized carbons (Fsp3) is 0.222. The molecule has 6 rings (SSSR count). The number of pyridine rings is 2. The number of hydrogen-bond acceptors (Lipinski definition) is 3. The first kappa shape index (κ1) is 19.0. The second kappa shape index (κ2) is 7.45.